The summed E-state index contributed by atoms with van der Waals surface area (Å²) in [5.41, 5.74) is 5.51. The van der Waals surface area contributed by atoms with Gasteiger partial charge in [-0.2, -0.15) is 0 Å². The second kappa shape index (κ2) is 15.9. The molecule has 4 nitrogen and oxygen atoms in total. The Kier molecular flexibility index (Phi) is 13.4. The zero-order valence-corrected chi connectivity index (χ0v) is 25.5. The summed E-state index contributed by atoms with van der Waals surface area (Å²) in [6.45, 7) is 8.44. The van der Waals surface area contributed by atoms with E-state index >= 15 is 0 Å². The van der Waals surface area contributed by atoms with E-state index in [1.807, 2.05) is 84.9 Å². The third-order valence-electron chi connectivity index (χ3n) is 6.06. The summed E-state index contributed by atoms with van der Waals surface area (Å²) in [5, 5.41) is 0. The van der Waals surface area contributed by atoms with Gasteiger partial charge in [0, 0.05) is 6.04 Å². The maximum absolute atomic E-state index is 13.0. The van der Waals surface area contributed by atoms with Crippen molar-refractivity contribution in [3.63, 3.8) is 0 Å². The Bertz CT molecular complexity index is 1320. The number of hydrogen-bond donors (Lipinski definition) is 0. The Hall–Kier alpha value is -2.34. The Labute approximate surface area is 242 Å². The Morgan fingerprint density at radius 1 is 0.711 bits per heavy atom. The fourth-order valence-corrected chi connectivity index (χ4v) is 5.03. The summed E-state index contributed by atoms with van der Waals surface area (Å²) >= 11 is 1.82. The number of halogens is 1. The Morgan fingerprint density at radius 3 is 1.63 bits per heavy atom. The number of rotatable bonds is 7. The number of hydrogen-bond acceptors (Lipinski definition) is 2. The molecule has 0 saturated heterocycles. The van der Waals surface area contributed by atoms with E-state index in [4.69, 9.17) is 5.84 Å². The van der Waals surface area contributed by atoms with Crippen molar-refractivity contribution >= 4 is 19.7 Å². The third kappa shape index (κ3) is 9.45. The van der Waals surface area contributed by atoms with Crippen LogP contribution in [0.1, 0.15) is 53.6 Å². The standard InChI is InChI=1S/C21H21N2O2S.C10H14.ClH.Ru/c1-17-12-14-20(15-13-17)26(24,25)23(22)21(19-10-6-3-7-11-19)16-18-8-4-2-5-9-18;1-8(2)10-6-4-9(3)5-7-10;;/h2-15,21-22H,16H2,1H3;4-8H,1-3H3;1H;/q-1;;;+2/p-1/t21-;;;/m0.../s1. The van der Waals surface area contributed by atoms with Crippen molar-refractivity contribution in [2.45, 2.75) is 51.0 Å². The molecular formula is C31H35ClN2O2RuS. The zero-order valence-electron chi connectivity index (χ0n) is 22.2. The van der Waals surface area contributed by atoms with E-state index < -0.39 is 16.1 Å². The summed E-state index contributed by atoms with van der Waals surface area (Å²) in [5.74, 6) is 9.11. The number of nitrogens with one attached hydrogen (secondary N) is 1. The summed E-state index contributed by atoms with van der Waals surface area (Å²) < 4.78 is 26.7. The van der Waals surface area contributed by atoms with Crippen LogP contribution in [-0.4, -0.2) is 12.8 Å². The van der Waals surface area contributed by atoms with Crippen molar-refractivity contribution in [1.82, 2.24) is 4.41 Å². The molecule has 1 atom stereocenters. The molecule has 0 aliphatic heterocycles. The average Bonchev–Trinajstić information content (AvgIpc) is 2.94. The minimum absolute atomic E-state index is 0.132. The first-order chi connectivity index (χ1) is 18.2. The van der Waals surface area contributed by atoms with Gasteiger partial charge in [0.05, 0.1) is 4.90 Å². The Balaban J connectivity index is 0.000000353. The fourth-order valence-electron chi connectivity index (χ4n) is 3.79. The van der Waals surface area contributed by atoms with Crippen molar-refractivity contribution in [3.8, 4) is 0 Å². The van der Waals surface area contributed by atoms with Crippen LogP contribution in [0.2, 0.25) is 0 Å². The van der Waals surface area contributed by atoms with Crippen molar-refractivity contribution in [2.75, 3.05) is 0 Å². The first kappa shape index (κ1) is 31.9. The van der Waals surface area contributed by atoms with E-state index in [-0.39, 0.29) is 4.90 Å². The van der Waals surface area contributed by atoms with Gasteiger partial charge in [-0.15, -0.1) is 0 Å². The SMILES string of the molecule is Cc1ccc(C(C)C)cc1.Cc1ccc(S(=O)(=O)N([NH-])[C@@H](Cc2ccccc2)c2ccccc2)cc1.[Cl][Ru+]. The summed E-state index contributed by atoms with van der Waals surface area (Å²) in [6, 6.07) is 33.7. The number of benzene rings is 4. The zero-order chi connectivity index (χ0) is 28.1. The van der Waals surface area contributed by atoms with Crippen LogP contribution in [0.25, 0.3) is 5.84 Å². The maximum atomic E-state index is 13.0. The molecule has 0 radical (unpaired) electrons. The normalized spacial score (nSPS) is 11.7. The molecule has 0 saturated carbocycles. The van der Waals surface area contributed by atoms with E-state index in [1.165, 1.54) is 11.1 Å². The van der Waals surface area contributed by atoms with Crippen LogP contribution in [0.4, 0.5) is 0 Å². The van der Waals surface area contributed by atoms with Crippen LogP contribution in [0.5, 0.6) is 0 Å². The van der Waals surface area contributed by atoms with Gasteiger partial charge >= 0.3 is 27.0 Å². The van der Waals surface area contributed by atoms with Crippen molar-refractivity contribution < 1.29 is 25.7 Å². The molecule has 0 fully saturated rings. The van der Waals surface area contributed by atoms with E-state index in [1.54, 1.807) is 24.3 Å². The summed E-state index contributed by atoms with van der Waals surface area (Å²) in [4.78, 5) is 0.132. The third-order valence-corrected chi connectivity index (χ3v) is 7.70. The number of sulfonamides is 1. The molecule has 4 aromatic carbocycles. The van der Waals surface area contributed by atoms with Crippen LogP contribution >= 0.6 is 9.69 Å². The molecule has 0 bridgehead atoms. The quantitative estimate of drug-likeness (QED) is 0.151. The van der Waals surface area contributed by atoms with Crippen LogP contribution in [0.3, 0.4) is 0 Å². The molecule has 0 spiro atoms. The van der Waals surface area contributed by atoms with Gasteiger partial charge in [0.25, 0.3) is 0 Å². The molecule has 4 rings (SSSR count). The molecule has 4 aromatic rings. The predicted octanol–water partition coefficient (Wildman–Crippen LogP) is 8.74. The van der Waals surface area contributed by atoms with Gasteiger partial charge < -0.3 is 5.84 Å². The fraction of sp³-hybridized carbons (Fsp3) is 0.226. The van der Waals surface area contributed by atoms with E-state index in [2.05, 4.69) is 54.7 Å². The molecule has 0 aliphatic rings. The summed E-state index contributed by atoms with van der Waals surface area (Å²) in [7, 11) is 0.646. The predicted molar refractivity (Wildman–Crippen MR) is 155 cm³/mol. The van der Waals surface area contributed by atoms with Gasteiger partial charge in [-0.3, -0.25) is 4.41 Å². The molecule has 0 unspecified atom stereocenters. The van der Waals surface area contributed by atoms with Crippen LogP contribution < -0.4 is 0 Å². The molecule has 0 amide bonds. The Morgan fingerprint density at radius 2 is 1.16 bits per heavy atom. The first-order valence-corrected chi connectivity index (χ1v) is 16.0. The second-order valence-electron chi connectivity index (χ2n) is 9.30. The van der Waals surface area contributed by atoms with Crippen LogP contribution in [-0.2, 0) is 33.8 Å². The van der Waals surface area contributed by atoms with E-state index in [0.717, 1.165) is 21.1 Å². The van der Waals surface area contributed by atoms with Gasteiger partial charge in [0.15, 0.2) is 0 Å². The molecule has 38 heavy (non-hydrogen) atoms. The van der Waals surface area contributed by atoms with Gasteiger partial charge in [-0.1, -0.05) is 122 Å². The van der Waals surface area contributed by atoms with Crippen LogP contribution in [0, 0.1) is 13.8 Å². The van der Waals surface area contributed by atoms with E-state index in [9.17, 15) is 8.42 Å². The average molecular weight is 636 g/mol. The molecular weight excluding hydrogens is 601 g/mol. The van der Waals surface area contributed by atoms with Gasteiger partial charge in [0.2, 0.25) is 10.0 Å². The van der Waals surface area contributed by atoms with E-state index in [0.29, 0.717) is 12.3 Å². The molecule has 7 heteroatoms. The molecule has 0 aliphatic carbocycles. The molecule has 0 heterocycles. The van der Waals surface area contributed by atoms with Crippen LogP contribution in [0.15, 0.2) is 114 Å². The monoisotopic (exact) mass is 636 g/mol. The number of nitrogens with zero attached hydrogens (tertiary/aromatic N) is 1. The topological polar surface area (TPSA) is 61.2 Å². The van der Waals surface area contributed by atoms with Crippen molar-refractivity contribution in [3.05, 3.63) is 143 Å². The van der Waals surface area contributed by atoms with Gasteiger partial charge in [0.1, 0.15) is 0 Å². The minimum atomic E-state index is -3.92. The summed E-state index contributed by atoms with van der Waals surface area (Å²) in [6.07, 6.45) is 0.430. The van der Waals surface area contributed by atoms with Gasteiger partial charge in [-0.25, -0.2) is 8.42 Å². The molecule has 0 aromatic heterocycles. The van der Waals surface area contributed by atoms with Gasteiger partial charge in [-0.05, 0) is 55.0 Å². The molecule has 1 N–H and O–H groups in total. The van der Waals surface area contributed by atoms with Crippen molar-refractivity contribution in [1.29, 1.82) is 0 Å². The number of aryl methyl sites for hydroxylation is 2. The first-order valence-electron chi connectivity index (χ1n) is 12.3. The van der Waals surface area contributed by atoms with Crippen molar-refractivity contribution in [2.24, 2.45) is 0 Å². The second-order valence-corrected chi connectivity index (χ2v) is 11.1. The molecule has 202 valence electrons.